The third-order valence-electron chi connectivity index (χ3n) is 4.56. The van der Waals surface area contributed by atoms with Crippen molar-refractivity contribution < 1.29 is 9.50 Å². The average molecular weight is 334 g/mol. The molecule has 0 radical (unpaired) electrons. The lowest BCUT2D eigenvalue weighted by Gasteiger charge is -2.34. The third-order valence-corrected chi connectivity index (χ3v) is 4.56. The first-order valence-corrected chi connectivity index (χ1v) is 7.88. The van der Waals surface area contributed by atoms with Crippen LogP contribution in [0.1, 0.15) is 42.3 Å². The van der Waals surface area contributed by atoms with E-state index in [1.165, 1.54) is 10.6 Å². The molecular formula is C19H15FN4O. The van der Waals surface area contributed by atoms with Crippen molar-refractivity contribution in [1.82, 2.24) is 9.61 Å². The molecule has 1 aromatic carbocycles. The van der Waals surface area contributed by atoms with Gasteiger partial charge in [0.1, 0.15) is 23.7 Å². The highest BCUT2D eigenvalue weighted by Gasteiger charge is 2.38. The SMILES string of the molecule is CC1(C)N=C(c2cc(C#N)n3ncccc23)c2cccc(F)c2C1O. The summed E-state index contributed by atoms with van der Waals surface area (Å²) in [6, 6.07) is 12.1. The number of hydrogen-bond donors (Lipinski definition) is 1. The monoisotopic (exact) mass is 334 g/mol. The van der Waals surface area contributed by atoms with Crippen molar-refractivity contribution in [3.8, 4) is 6.07 Å². The van der Waals surface area contributed by atoms with E-state index < -0.39 is 17.5 Å². The summed E-state index contributed by atoms with van der Waals surface area (Å²) in [5.41, 5.74) is 2.20. The Morgan fingerprint density at radius 2 is 2.04 bits per heavy atom. The normalized spacial score (nSPS) is 18.5. The summed E-state index contributed by atoms with van der Waals surface area (Å²) in [5, 5.41) is 24.2. The van der Waals surface area contributed by atoms with E-state index in [4.69, 9.17) is 4.99 Å². The van der Waals surface area contributed by atoms with Crippen molar-refractivity contribution in [2.75, 3.05) is 0 Å². The Labute approximate surface area is 143 Å². The minimum Gasteiger partial charge on any atom is -0.386 e. The van der Waals surface area contributed by atoms with Crippen LogP contribution in [-0.4, -0.2) is 26.0 Å². The predicted molar refractivity (Wildman–Crippen MR) is 91.0 cm³/mol. The van der Waals surface area contributed by atoms with E-state index in [1.807, 2.05) is 6.07 Å². The first kappa shape index (κ1) is 15.5. The lowest BCUT2D eigenvalue weighted by Crippen LogP contribution is -2.35. The van der Waals surface area contributed by atoms with Gasteiger partial charge in [0, 0.05) is 22.9 Å². The summed E-state index contributed by atoms with van der Waals surface area (Å²) in [5.74, 6) is -0.465. The molecule has 0 saturated carbocycles. The Bertz CT molecular complexity index is 1070. The highest BCUT2D eigenvalue weighted by atomic mass is 19.1. The summed E-state index contributed by atoms with van der Waals surface area (Å²) in [4.78, 5) is 4.70. The first-order valence-electron chi connectivity index (χ1n) is 7.88. The van der Waals surface area contributed by atoms with Crippen molar-refractivity contribution in [2.24, 2.45) is 4.99 Å². The molecule has 124 valence electrons. The van der Waals surface area contributed by atoms with E-state index in [2.05, 4.69) is 11.2 Å². The summed E-state index contributed by atoms with van der Waals surface area (Å²) in [6.45, 7) is 3.52. The molecule has 1 aliphatic rings. The molecule has 5 nitrogen and oxygen atoms in total. The Morgan fingerprint density at radius 1 is 1.24 bits per heavy atom. The van der Waals surface area contributed by atoms with Crippen LogP contribution >= 0.6 is 0 Å². The molecule has 1 unspecified atom stereocenters. The van der Waals surface area contributed by atoms with Gasteiger partial charge in [-0.25, -0.2) is 8.91 Å². The Hall–Kier alpha value is -3.04. The molecule has 3 heterocycles. The highest BCUT2D eigenvalue weighted by Crippen LogP contribution is 2.39. The van der Waals surface area contributed by atoms with Gasteiger partial charge < -0.3 is 5.11 Å². The van der Waals surface area contributed by atoms with Gasteiger partial charge in [-0.1, -0.05) is 12.1 Å². The number of hydrogen-bond acceptors (Lipinski definition) is 4. The van der Waals surface area contributed by atoms with Crippen molar-refractivity contribution >= 4 is 11.2 Å². The Morgan fingerprint density at radius 3 is 2.80 bits per heavy atom. The van der Waals surface area contributed by atoms with Crippen LogP contribution in [0.25, 0.3) is 5.52 Å². The minimum atomic E-state index is -1.05. The van der Waals surface area contributed by atoms with Gasteiger partial charge in [0.05, 0.1) is 16.8 Å². The van der Waals surface area contributed by atoms with E-state index >= 15 is 0 Å². The maximum atomic E-state index is 14.5. The van der Waals surface area contributed by atoms with Gasteiger partial charge in [-0.05, 0) is 38.1 Å². The molecule has 2 aromatic heterocycles. The van der Waals surface area contributed by atoms with Gasteiger partial charge in [0.25, 0.3) is 0 Å². The van der Waals surface area contributed by atoms with Crippen LogP contribution in [0.2, 0.25) is 0 Å². The van der Waals surface area contributed by atoms with Crippen molar-refractivity contribution in [3.05, 3.63) is 70.8 Å². The summed E-state index contributed by atoms with van der Waals surface area (Å²) in [7, 11) is 0. The van der Waals surface area contributed by atoms with E-state index in [0.717, 1.165) is 0 Å². The Kier molecular flexibility index (Phi) is 3.24. The second-order valence-corrected chi connectivity index (χ2v) is 6.59. The van der Waals surface area contributed by atoms with E-state index in [-0.39, 0.29) is 5.56 Å². The number of aliphatic hydroxyl groups excluding tert-OH is 1. The molecular weight excluding hydrogens is 319 g/mol. The van der Waals surface area contributed by atoms with Crippen LogP contribution in [0.5, 0.6) is 0 Å². The van der Waals surface area contributed by atoms with Crippen LogP contribution in [0, 0.1) is 17.1 Å². The number of halogens is 1. The number of aliphatic hydroxyl groups is 1. The average Bonchev–Trinajstić information content (AvgIpc) is 2.97. The molecule has 0 spiro atoms. The van der Waals surface area contributed by atoms with Crippen LogP contribution in [-0.2, 0) is 0 Å². The molecule has 0 fully saturated rings. The van der Waals surface area contributed by atoms with Gasteiger partial charge in [0.2, 0.25) is 0 Å². The van der Waals surface area contributed by atoms with Crippen molar-refractivity contribution in [1.29, 1.82) is 5.26 Å². The third kappa shape index (κ3) is 2.17. The van der Waals surface area contributed by atoms with Gasteiger partial charge in [0.15, 0.2) is 0 Å². The predicted octanol–water partition coefficient (Wildman–Crippen LogP) is 3.01. The molecule has 4 rings (SSSR count). The maximum absolute atomic E-state index is 14.5. The molecule has 0 bridgehead atoms. The van der Waals surface area contributed by atoms with Gasteiger partial charge in [-0.15, -0.1) is 0 Å². The standard InChI is InChI=1S/C19H15FN4O/c1-19(2)18(25)16-12(5-3-6-14(16)20)17(23-19)13-9-11(10-21)24-15(13)7-4-8-22-24/h3-9,18,25H,1-2H3. The lowest BCUT2D eigenvalue weighted by molar-refractivity contribution is 0.0995. The van der Waals surface area contributed by atoms with Crippen LogP contribution in [0.3, 0.4) is 0 Å². The number of fused-ring (bicyclic) bond motifs is 2. The van der Waals surface area contributed by atoms with Crippen LogP contribution in [0.15, 0.2) is 47.6 Å². The zero-order valence-electron chi connectivity index (χ0n) is 13.7. The molecule has 0 amide bonds. The van der Waals surface area contributed by atoms with Gasteiger partial charge in [-0.2, -0.15) is 10.4 Å². The fourth-order valence-electron chi connectivity index (χ4n) is 3.30. The molecule has 3 aromatic rings. The van der Waals surface area contributed by atoms with Gasteiger partial charge in [-0.3, -0.25) is 4.99 Å². The topological polar surface area (TPSA) is 73.7 Å². The Balaban J connectivity index is 2.07. The quantitative estimate of drug-likeness (QED) is 0.743. The molecule has 0 aliphatic carbocycles. The minimum absolute atomic E-state index is 0.235. The molecule has 0 saturated heterocycles. The van der Waals surface area contributed by atoms with Crippen LogP contribution in [0.4, 0.5) is 4.39 Å². The smallest absolute Gasteiger partial charge is 0.143 e. The first-order chi connectivity index (χ1) is 11.9. The highest BCUT2D eigenvalue weighted by molar-refractivity contribution is 6.18. The summed E-state index contributed by atoms with van der Waals surface area (Å²) >= 11 is 0. The number of benzene rings is 1. The van der Waals surface area contributed by atoms with Crippen molar-refractivity contribution in [3.63, 3.8) is 0 Å². The number of aromatic nitrogens is 2. The van der Waals surface area contributed by atoms with E-state index in [0.29, 0.717) is 28.0 Å². The maximum Gasteiger partial charge on any atom is 0.143 e. The van der Waals surface area contributed by atoms with E-state index in [1.54, 1.807) is 44.3 Å². The molecule has 25 heavy (non-hydrogen) atoms. The lowest BCUT2D eigenvalue weighted by atomic mass is 9.82. The second kappa shape index (κ2) is 5.23. The number of aliphatic imine (C=N–C) groups is 1. The summed E-state index contributed by atoms with van der Waals surface area (Å²) < 4.78 is 16.0. The van der Waals surface area contributed by atoms with Crippen LogP contribution < -0.4 is 0 Å². The molecule has 1 atom stereocenters. The van der Waals surface area contributed by atoms with Gasteiger partial charge >= 0.3 is 0 Å². The fourth-order valence-corrected chi connectivity index (χ4v) is 3.30. The zero-order valence-corrected chi connectivity index (χ0v) is 13.7. The fraction of sp³-hybridized carbons (Fsp3) is 0.211. The van der Waals surface area contributed by atoms with Crippen molar-refractivity contribution in [2.45, 2.75) is 25.5 Å². The van der Waals surface area contributed by atoms with E-state index in [9.17, 15) is 14.8 Å². The molecule has 6 heteroatoms. The number of nitrogens with zero attached hydrogens (tertiary/aromatic N) is 4. The molecule has 1 aliphatic heterocycles. The summed E-state index contributed by atoms with van der Waals surface area (Å²) in [6.07, 6.45) is 0.552. The number of nitriles is 1. The zero-order chi connectivity index (χ0) is 17.8. The second-order valence-electron chi connectivity index (χ2n) is 6.59. The largest absolute Gasteiger partial charge is 0.386 e. The molecule has 1 N–H and O–H groups in total. The number of rotatable bonds is 1.